The van der Waals surface area contributed by atoms with Gasteiger partial charge in [-0.3, -0.25) is 0 Å². The van der Waals surface area contributed by atoms with Crippen LogP contribution in [0.5, 0.6) is 0 Å². The molecule has 100 valence electrons. The van der Waals surface area contributed by atoms with Gasteiger partial charge in [0.2, 0.25) is 0 Å². The topological polar surface area (TPSA) is 53.4 Å². The molecule has 1 saturated heterocycles. The van der Waals surface area contributed by atoms with E-state index in [1.807, 2.05) is 0 Å². The number of aromatic carboxylic acids is 1. The van der Waals surface area contributed by atoms with Crippen molar-refractivity contribution in [2.75, 3.05) is 19.6 Å². The van der Waals surface area contributed by atoms with Gasteiger partial charge in [0.25, 0.3) is 0 Å². The molecule has 5 heteroatoms. The summed E-state index contributed by atoms with van der Waals surface area (Å²) in [5, 5.41) is 10.1. The van der Waals surface area contributed by atoms with Crippen molar-refractivity contribution in [3.63, 3.8) is 0 Å². The summed E-state index contributed by atoms with van der Waals surface area (Å²) in [5.74, 6) is -0.830. The van der Waals surface area contributed by atoms with Crippen LogP contribution in [0.4, 0.5) is 0 Å². The molecule has 0 aliphatic carbocycles. The summed E-state index contributed by atoms with van der Waals surface area (Å²) in [6, 6.07) is 0. The van der Waals surface area contributed by atoms with Crippen molar-refractivity contribution in [3.8, 4) is 0 Å². The number of hydrogen-bond acceptors (Lipinski definition) is 4. The summed E-state index contributed by atoms with van der Waals surface area (Å²) < 4.78 is 0. The van der Waals surface area contributed by atoms with Crippen LogP contribution in [-0.4, -0.2) is 40.6 Å². The van der Waals surface area contributed by atoms with E-state index in [1.54, 1.807) is 0 Å². The lowest BCUT2D eigenvalue weighted by Crippen LogP contribution is -2.21. The van der Waals surface area contributed by atoms with E-state index in [-0.39, 0.29) is 0 Å². The van der Waals surface area contributed by atoms with Crippen LogP contribution in [0, 0.1) is 0 Å². The predicted molar refractivity (Wildman–Crippen MR) is 72.4 cm³/mol. The van der Waals surface area contributed by atoms with Crippen LogP contribution in [0.3, 0.4) is 0 Å². The van der Waals surface area contributed by atoms with Crippen molar-refractivity contribution in [1.29, 1.82) is 0 Å². The highest BCUT2D eigenvalue weighted by molar-refractivity contribution is 7.13. The van der Waals surface area contributed by atoms with Crippen LogP contribution >= 0.6 is 11.3 Å². The van der Waals surface area contributed by atoms with Crippen LogP contribution < -0.4 is 0 Å². The third kappa shape index (κ3) is 3.29. The van der Waals surface area contributed by atoms with Gasteiger partial charge in [-0.05, 0) is 32.4 Å². The van der Waals surface area contributed by atoms with Gasteiger partial charge in [0, 0.05) is 13.0 Å². The van der Waals surface area contributed by atoms with Crippen LogP contribution in [0.25, 0.3) is 0 Å². The molecule has 0 aromatic carbocycles. The first kappa shape index (κ1) is 13.5. The summed E-state index contributed by atoms with van der Waals surface area (Å²) in [6.45, 7) is 5.42. The molecule has 0 unspecified atom stereocenters. The Bertz CT molecular complexity index is 411. The fraction of sp³-hybridized carbons (Fsp3) is 0.692. The van der Waals surface area contributed by atoms with E-state index < -0.39 is 5.97 Å². The highest BCUT2D eigenvalue weighted by Gasteiger charge is 2.17. The highest BCUT2D eigenvalue weighted by Crippen LogP contribution is 2.21. The zero-order valence-corrected chi connectivity index (χ0v) is 11.6. The Kier molecular flexibility index (Phi) is 4.72. The van der Waals surface area contributed by atoms with E-state index in [4.69, 9.17) is 5.11 Å². The molecule has 0 bridgehead atoms. The number of hydrogen-bond donors (Lipinski definition) is 1. The molecule has 0 radical (unpaired) electrons. The number of aryl methyl sites for hydroxylation is 1. The van der Waals surface area contributed by atoms with Crippen molar-refractivity contribution < 1.29 is 9.90 Å². The maximum absolute atomic E-state index is 11.1. The first-order valence-corrected chi connectivity index (χ1v) is 7.46. The van der Waals surface area contributed by atoms with Crippen molar-refractivity contribution in [1.82, 2.24) is 9.88 Å². The Morgan fingerprint density at radius 1 is 1.39 bits per heavy atom. The van der Waals surface area contributed by atoms with E-state index in [2.05, 4.69) is 16.8 Å². The minimum Gasteiger partial charge on any atom is -0.477 e. The summed E-state index contributed by atoms with van der Waals surface area (Å²) in [6.07, 6.45) is 5.17. The number of rotatable bonds is 6. The molecule has 2 rings (SSSR count). The molecule has 1 N–H and O–H groups in total. The molecule has 0 spiro atoms. The minimum atomic E-state index is -0.830. The fourth-order valence-electron chi connectivity index (χ4n) is 2.34. The van der Waals surface area contributed by atoms with Gasteiger partial charge in [-0.25, -0.2) is 9.78 Å². The second kappa shape index (κ2) is 6.29. The van der Waals surface area contributed by atoms with Crippen LogP contribution in [0.15, 0.2) is 0 Å². The maximum Gasteiger partial charge on any atom is 0.347 e. The van der Waals surface area contributed by atoms with Crippen LogP contribution in [-0.2, 0) is 12.8 Å². The molecule has 1 aromatic rings. The van der Waals surface area contributed by atoms with Crippen molar-refractivity contribution in [3.05, 3.63) is 15.6 Å². The summed E-state index contributed by atoms with van der Waals surface area (Å²) in [5.41, 5.74) is 0.770. The number of nitrogens with zero attached hydrogens (tertiary/aromatic N) is 2. The van der Waals surface area contributed by atoms with E-state index >= 15 is 0 Å². The number of aromatic nitrogens is 1. The maximum atomic E-state index is 11.1. The van der Waals surface area contributed by atoms with Crippen molar-refractivity contribution >= 4 is 17.3 Å². The average molecular weight is 268 g/mol. The smallest absolute Gasteiger partial charge is 0.347 e. The molecule has 2 heterocycles. The van der Waals surface area contributed by atoms with Gasteiger partial charge < -0.3 is 10.0 Å². The molecular weight excluding hydrogens is 248 g/mol. The lowest BCUT2D eigenvalue weighted by molar-refractivity contribution is 0.0700. The largest absolute Gasteiger partial charge is 0.477 e. The lowest BCUT2D eigenvalue weighted by Gasteiger charge is -2.12. The summed E-state index contributed by atoms with van der Waals surface area (Å²) >= 11 is 1.35. The molecule has 0 atom stereocenters. The van der Waals surface area contributed by atoms with Gasteiger partial charge >= 0.3 is 5.97 Å². The van der Waals surface area contributed by atoms with E-state index in [9.17, 15) is 4.79 Å². The Balaban J connectivity index is 1.99. The molecule has 1 aliphatic rings. The van der Waals surface area contributed by atoms with E-state index in [0.717, 1.165) is 36.5 Å². The minimum absolute atomic E-state index is 0.438. The summed E-state index contributed by atoms with van der Waals surface area (Å²) in [4.78, 5) is 18.5. The Labute approximate surface area is 112 Å². The molecule has 18 heavy (non-hydrogen) atoms. The summed E-state index contributed by atoms with van der Waals surface area (Å²) in [7, 11) is 0. The Morgan fingerprint density at radius 2 is 2.11 bits per heavy atom. The second-order valence-corrected chi connectivity index (χ2v) is 5.82. The molecule has 1 aliphatic heterocycles. The monoisotopic (exact) mass is 268 g/mol. The normalized spacial score (nSPS) is 16.3. The van der Waals surface area contributed by atoms with Gasteiger partial charge in [0.15, 0.2) is 0 Å². The van der Waals surface area contributed by atoms with Gasteiger partial charge in [-0.2, -0.15) is 0 Å². The third-order valence-electron chi connectivity index (χ3n) is 3.26. The van der Waals surface area contributed by atoms with Gasteiger partial charge in [-0.15, -0.1) is 11.3 Å². The Morgan fingerprint density at radius 3 is 2.72 bits per heavy atom. The van der Waals surface area contributed by atoms with E-state index in [1.165, 1.54) is 37.3 Å². The number of carbonyl (C=O) groups is 1. The first-order valence-electron chi connectivity index (χ1n) is 6.65. The number of thiazole rings is 1. The zero-order chi connectivity index (χ0) is 13.0. The average Bonchev–Trinajstić information content (AvgIpc) is 2.95. The zero-order valence-electron chi connectivity index (χ0n) is 10.8. The Hall–Kier alpha value is -0.940. The lowest BCUT2D eigenvalue weighted by atomic mass is 10.2. The third-order valence-corrected chi connectivity index (χ3v) is 4.41. The molecule has 1 fully saturated rings. The van der Waals surface area contributed by atoms with Gasteiger partial charge in [0.1, 0.15) is 4.88 Å². The van der Waals surface area contributed by atoms with Gasteiger partial charge in [0.05, 0.1) is 10.7 Å². The molecule has 0 amide bonds. The quantitative estimate of drug-likeness (QED) is 0.861. The van der Waals surface area contributed by atoms with Crippen LogP contribution in [0.2, 0.25) is 0 Å². The molecule has 0 saturated carbocycles. The van der Waals surface area contributed by atoms with Crippen molar-refractivity contribution in [2.24, 2.45) is 0 Å². The van der Waals surface area contributed by atoms with Crippen molar-refractivity contribution in [2.45, 2.75) is 39.0 Å². The number of likely N-dealkylation sites (tertiary alicyclic amines) is 1. The first-order chi connectivity index (χ1) is 8.70. The van der Waals surface area contributed by atoms with Gasteiger partial charge in [-0.1, -0.05) is 13.3 Å². The predicted octanol–water partition coefficient (Wildman–Crippen LogP) is 2.43. The number of carboxylic acid groups (broad SMARTS) is 1. The molecule has 4 nitrogen and oxygen atoms in total. The molecular formula is C13H20N2O2S. The SMILES string of the molecule is CCCc1nc(CCN2CCCC2)sc1C(=O)O. The number of carboxylic acids is 1. The van der Waals surface area contributed by atoms with E-state index in [0.29, 0.717) is 4.88 Å². The standard InChI is InChI=1S/C13H20N2O2S/c1-2-5-10-12(13(16)17)18-11(14-10)6-9-15-7-3-4-8-15/h2-9H2,1H3,(H,16,17). The second-order valence-electron chi connectivity index (χ2n) is 4.74. The molecule has 1 aromatic heterocycles. The highest BCUT2D eigenvalue weighted by atomic mass is 32.1. The van der Waals surface area contributed by atoms with Crippen LogP contribution in [0.1, 0.15) is 46.6 Å². The fourth-order valence-corrected chi connectivity index (χ4v) is 3.28.